The van der Waals surface area contributed by atoms with E-state index in [0.717, 1.165) is 5.56 Å². The van der Waals surface area contributed by atoms with Crippen molar-refractivity contribution in [3.05, 3.63) is 58.4 Å². The van der Waals surface area contributed by atoms with Crippen LogP contribution in [0.15, 0.2) is 30.3 Å². The molecule has 0 bridgehead atoms. The molecule has 21 heavy (non-hydrogen) atoms. The van der Waals surface area contributed by atoms with Crippen LogP contribution in [-0.2, 0) is 6.54 Å². The number of rotatable bonds is 4. The van der Waals surface area contributed by atoms with Gasteiger partial charge in [-0.15, -0.1) is 0 Å². The van der Waals surface area contributed by atoms with Gasteiger partial charge in [0.15, 0.2) is 0 Å². The lowest BCUT2D eigenvalue weighted by molar-refractivity contribution is 0.100. The van der Waals surface area contributed by atoms with Gasteiger partial charge in [-0.25, -0.2) is 4.39 Å². The molecule has 4 nitrogen and oxygen atoms in total. The van der Waals surface area contributed by atoms with E-state index in [-0.39, 0.29) is 5.82 Å². The average molecular weight is 287 g/mol. The fourth-order valence-electron chi connectivity index (χ4n) is 2.26. The van der Waals surface area contributed by atoms with Gasteiger partial charge in [0.1, 0.15) is 5.82 Å². The van der Waals surface area contributed by atoms with Crippen LogP contribution in [0.5, 0.6) is 0 Å². The van der Waals surface area contributed by atoms with E-state index in [1.165, 1.54) is 0 Å². The molecule has 5 N–H and O–H groups in total. The van der Waals surface area contributed by atoms with Gasteiger partial charge in [0, 0.05) is 17.9 Å². The molecule has 110 valence electrons. The Morgan fingerprint density at radius 3 is 2.38 bits per heavy atom. The Morgan fingerprint density at radius 2 is 1.81 bits per heavy atom. The van der Waals surface area contributed by atoms with Gasteiger partial charge in [-0.1, -0.05) is 12.1 Å². The summed E-state index contributed by atoms with van der Waals surface area (Å²) in [6.45, 7) is 3.90. The number of primary amides is 1. The van der Waals surface area contributed by atoms with Gasteiger partial charge in [-0.2, -0.15) is 0 Å². The number of carbonyl (C=O) groups is 1. The lowest BCUT2D eigenvalue weighted by Crippen LogP contribution is -2.14. The zero-order valence-corrected chi connectivity index (χ0v) is 12.0. The first-order valence-corrected chi connectivity index (χ1v) is 6.57. The third-order valence-corrected chi connectivity index (χ3v) is 3.29. The number of nitrogen functional groups attached to an aromatic ring is 1. The van der Waals surface area contributed by atoms with Gasteiger partial charge < -0.3 is 16.8 Å². The number of benzene rings is 2. The Labute approximate surface area is 123 Å². The SMILES string of the molecule is Cc1cc(CNc2cc(N)ccc2C(N)=O)cc(C)c1F. The van der Waals surface area contributed by atoms with Crippen molar-refractivity contribution in [2.75, 3.05) is 11.1 Å². The van der Waals surface area contributed by atoms with Crippen molar-refractivity contribution in [3.63, 3.8) is 0 Å². The monoisotopic (exact) mass is 287 g/mol. The standard InChI is InChI=1S/C16H18FN3O/c1-9-5-11(6-10(2)15(9)17)8-20-14-7-12(18)3-4-13(14)16(19)21/h3-7,20H,8,18H2,1-2H3,(H2,19,21). The number of amides is 1. The summed E-state index contributed by atoms with van der Waals surface area (Å²) in [4.78, 5) is 11.4. The summed E-state index contributed by atoms with van der Waals surface area (Å²) < 4.78 is 13.6. The minimum absolute atomic E-state index is 0.194. The van der Waals surface area contributed by atoms with Gasteiger partial charge in [0.05, 0.1) is 5.56 Å². The second kappa shape index (κ2) is 5.83. The smallest absolute Gasteiger partial charge is 0.250 e. The molecule has 0 saturated carbocycles. The first-order chi connectivity index (χ1) is 9.88. The third-order valence-electron chi connectivity index (χ3n) is 3.29. The molecule has 0 unspecified atom stereocenters. The van der Waals surface area contributed by atoms with E-state index in [0.29, 0.717) is 34.6 Å². The van der Waals surface area contributed by atoms with Crippen molar-refractivity contribution in [2.45, 2.75) is 20.4 Å². The van der Waals surface area contributed by atoms with Crippen molar-refractivity contribution < 1.29 is 9.18 Å². The van der Waals surface area contributed by atoms with Gasteiger partial charge in [-0.05, 0) is 48.7 Å². The van der Waals surface area contributed by atoms with E-state index in [9.17, 15) is 9.18 Å². The molecular weight excluding hydrogens is 269 g/mol. The zero-order valence-electron chi connectivity index (χ0n) is 12.0. The molecule has 0 aliphatic carbocycles. The van der Waals surface area contributed by atoms with E-state index in [1.54, 1.807) is 44.2 Å². The first kappa shape index (κ1) is 14.8. The summed E-state index contributed by atoms with van der Waals surface area (Å²) >= 11 is 0. The van der Waals surface area contributed by atoms with Crippen LogP contribution in [0.25, 0.3) is 0 Å². The summed E-state index contributed by atoms with van der Waals surface area (Å²) in [6.07, 6.45) is 0. The molecule has 0 aromatic heterocycles. The largest absolute Gasteiger partial charge is 0.399 e. The van der Waals surface area contributed by atoms with Gasteiger partial charge in [-0.3, -0.25) is 4.79 Å². The molecule has 0 aliphatic heterocycles. The second-order valence-electron chi connectivity index (χ2n) is 5.07. The van der Waals surface area contributed by atoms with Crippen molar-refractivity contribution in [3.8, 4) is 0 Å². The number of hydrogen-bond acceptors (Lipinski definition) is 3. The number of halogens is 1. The van der Waals surface area contributed by atoms with E-state index in [1.807, 2.05) is 0 Å². The summed E-state index contributed by atoms with van der Waals surface area (Å²) in [6, 6.07) is 8.40. The quantitative estimate of drug-likeness (QED) is 0.756. The van der Waals surface area contributed by atoms with E-state index in [2.05, 4.69) is 5.32 Å². The third kappa shape index (κ3) is 3.31. The molecule has 0 fully saturated rings. The Balaban J connectivity index is 2.24. The Hall–Kier alpha value is -2.56. The van der Waals surface area contributed by atoms with Crippen LogP contribution in [0.2, 0.25) is 0 Å². The maximum Gasteiger partial charge on any atom is 0.250 e. The first-order valence-electron chi connectivity index (χ1n) is 6.57. The lowest BCUT2D eigenvalue weighted by Gasteiger charge is -2.12. The van der Waals surface area contributed by atoms with Crippen LogP contribution < -0.4 is 16.8 Å². The molecule has 0 heterocycles. The lowest BCUT2D eigenvalue weighted by atomic mass is 10.1. The minimum Gasteiger partial charge on any atom is -0.399 e. The Morgan fingerprint density at radius 1 is 1.19 bits per heavy atom. The maximum absolute atomic E-state index is 13.6. The van der Waals surface area contributed by atoms with Crippen molar-refractivity contribution in [1.29, 1.82) is 0 Å². The number of carbonyl (C=O) groups excluding carboxylic acids is 1. The van der Waals surface area contributed by atoms with Crippen LogP contribution in [-0.4, -0.2) is 5.91 Å². The van der Waals surface area contributed by atoms with Crippen molar-refractivity contribution >= 4 is 17.3 Å². The maximum atomic E-state index is 13.6. The molecule has 0 aliphatic rings. The minimum atomic E-state index is -0.524. The number of nitrogens with two attached hydrogens (primary N) is 2. The van der Waals surface area contributed by atoms with Crippen LogP contribution in [0.4, 0.5) is 15.8 Å². The van der Waals surface area contributed by atoms with Gasteiger partial charge >= 0.3 is 0 Å². The number of aryl methyl sites for hydroxylation is 2. The highest BCUT2D eigenvalue weighted by molar-refractivity contribution is 5.99. The molecular formula is C16H18FN3O. The molecule has 2 aromatic rings. The normalized spacial score (nSPS) is 10.4. The van der Waals surface area contributed by atoms with E-state index < -0.39 is 5.91 Å². The van der Waals surface area contributed by atoms with Gasteiger partial charge in [0.25, 0.3) is 5.91 Å². The van der Waals surface area contributed by atoms with Crippen LogP contribution >= 0.6 is 0 Å². The Kier molecular flexibility index (Phi) is 4.12. The molecule has 0 atom stereocenters. The van der Waals surface area contributed by atoms with Crippen LogP contribution in [0.1, 0.15) is 27.0 Å². The molecule has 1 amide bonds. The molecule has 0 spiro atoms. The molecule has 5 heteroatoms. The fraction of sp³-hybridized carbons (Fsp3) is 0.188. The predicted octanol–water partition coefficient (Wildman–Crippen LogP) is 2.74. The average Bonchev–Trinajstić information content (AvgIpc) is 2.42. The number of anilines is 2. The highest BCUT2D eigenvalue weighted by atomic mass is 19.1. The molecule has 2 rings (SSSR count). The number of hydrogen-bond donors (Lipinski definition) is 3. The molecule has 0 radical (unpaired) electrons. The van der Waals surface area contributed by atoms with Crippen LogP contribution in [0.3, 0.4) is 0 Å². The molecule has 0 saturated heterocycles. The van der Waals surface area contributed by atoms with Gasteiger partial charge in [0.2, 0.25) is 0 Å². The summed E-state index contributed by atoms with van der Waals surface area (Å²) in [5.41, 5.74) is 14.6. The number of nitrogens with one attached hydrogen (secondary N) is 1. The van der Waals surface area contributed by atoms with Crippen LogP contribution in [0, 0.1) is 19.7 Å². The summed E-state index contributed by atoms with van der Waals surface area (Å²) in [5.74, 6) is -0.718. The predicted molar refractivity (Wildman–Crippen MR) is 82.6 cm³/mol. The van der Waals surface area contributed by atoms with E-state index in [4.69, 9.17) is 11.5 Å². The summed E-state index contributed by atoms with van der Waals surface area (Å²) in [5, 5.41) is 3.12. The highest BCUT2D eigenvalue weighted by Gasteiger charge is 2.09. The van der Waals surface area contributed by atoms with Crippen molar-refractivity contribution in [2.24, 2.45) is 5.73 Å². The highest BCUT2D eigenvalue weighted by Crippen LogP contribution is 2.21. The Bertz CT molecular complexity index is 675. The fourth-order valence-corrected chi connectivity index (χ4v) is 2.26. The zero-order chi connectivity index (χ0) is 15.6. The van der Waals surface area contributed by atoms with Crippen molar-refractivity contribution in [1.82, 2.24) is 0 Å². The van der Waals surface area contributed by atoms with E-state index >= 15 is 0 Å². The molecule has 2 aromatic carbocycles. The topological polar surface area (TPSA) is 81.1 Å². The second-order valence-corrected chi connectivity index (χ2v) is 5.07. The summed E-state index contributed by atoms with van der Waals surface area (Å²) in [7, 11) is 0.